The van der Waals surface area contributed by atoms with Gasteiger partial charge in [-0.05, 0) is 55.7 Å². The molecule has 0 spiro atoms. The van der Waals surface area contributed by atoms with Gasteiger partial charge in [-0.25, -0.2) is 13.8 Å². The first-order valence-corrected chi connectivity index (χ1v) is 12.2. The average molecular weight is 515 g/mol. The number of carbonyl (C=O) groups is 2. The summed E-state index contributed by atoms with van der Waals surface area (Å²) in [7, 11) is 0. The van der Waals surface area contributed by atoms with Gasteiger partial charge in [0.2, 0.25) is 17.7 Å². The summed E-state index contributed by atoms with van der Waals surface area (Å²) >= 11 is 0. The number of primary amides is 1. The van der Waals surface area contributed by atoms with Crippen LogP contribution in [0.3, 0.4) is 0 Å². The molecule has 1 heterocycles. The Morgan fingerprint density at radius 2 is 1.92 bits per heavy atom. The van der Waals surface area contributed by atoms with Gasteiger partial charge in [0.15, 0.2) is 0 Å². The monoisotopic (exact) mass is 514 g/mol. The Bertz CT molecular complexity index is 1140. The van der Waals surface area contributed by atoms with Gasteiger partial charge in [-0.2, -0.15) is 13.2 Å². The Balaban J connectivity index is 1.55. The highest BCUT2D eigenvalue weighted by molar-refractivity contribution is 5.84. The quantitative estimate of drug-likeness (QED) is 0.405. The fourth-order valence-electron chi connectivity index (χ4n) is 5.49. The van der Waals surface area contributed by atoms with Gasteiger partial charge in [-0.15, -0.1) is 0 Å². The molecular formula is C25H31F5N4O2. The largest absolute Gasteiger partial charge is 0.389 e. The Morgan fingerprint density at radius 3 is 2.50 bits per heavy atom. The number of amides is 2. The maximum absolute atomic E-state index is 13.8. The van der Waals surface area contributed by atoms with Crippen LogP contribution in [0.4, 0.5) is 22.0 Å². The van der Waals surface area contributed by atoms with Gasteiger partial charge in [0, 0.05) is 25.2 Å². The molecular weight excluding hydrogens is 483 g/mol. The molecule has 4 rings (SSSR count). The number of halogens is 5. The number of nitrogens with one attached hydrogen (secondary N) is 2. The summed E-state index contributed by atoms with van der Waals surface area (Å²) in [5.41, 5.74) is 6.91. The highest BCUT2D eigenvalue weighted by Gasteiger charge is 2.60. The number of aromatic nitrogens is 2. The molecule has 4 atom stereocenters. The highest BCUT2D eigenvalue weighted by Crippen LogP contribution is 2.62. The van der Waals surface area contributed by atoms with Crippen LogP contribution < -0.4 is 11.1 Å². The molecule has 0 aliphatic heterocycles. The molecule has 2 amide bonds. The van der Waals surface area contributed by atoms with E-state index < -0.39 is 48.2 Å². The van der Waals surface area contributed by atoms with E-state index in [0.717, 1.165) is 0 Å². The number of fused-ring (bicyclic) bond motifs is 1. The van der Waals surface area contributed by atoms with Crippen LogP contribution in [0.2, 0.25) is 0 Å². The summed E-state index contributed by atoms with van der Waals surface area (Å²) < 4.78 is 64.9. The molecule has 1 aromatic heterocycles. The smallest absolute Gasteiger partial charge is 0.369 e. The molecule has 2 unspecified atom stereocenters. The predicted molar refractivity (Wildman–Crippen MR) is 123 cm³/mol. The number of nitrogens with zero attached hydrogens (tertiary/aromatic N) is 1. The van der Waals surface area contributed by atoms with Gasteiger partial charge < -0.3 is 16.0 Å². The van der Waals surface area contributed by atoms with E-state index >= 15 is 0 Å². The van der Waals surface area contributed by atoms with Gasteiger partial charge >= 0.3 is 6.18 Å². The van der Waals surface area contributed by atoms with Crippen molar-refractivity contribution in [2.24, 2.45) is 23.0 Å². The number of hydrogen-bond acceptors (Lipinski definition) is 3. The van der Waals surface area contributed by atoms with Crippen LogP contribution in [0.25, 0.3) is 11.0 Å². The van der Waals surface area contributed by atoms with E-state index in [1.165, 1.54) is 0 Å². The van der Waals surface area contributed by atoms with E-state index in [9.17, 15) is 31.5 Å². The molecule has 2 aliphatic carbocycles. The first-order chi connectivity index (χ1) is 16.7. The van der Waals surface area contributed by atoms with Crippen LogP contribution >= 0.6 is 0 Å². The minimum Gasteiger partial charge on any atom is -0.369 e. The summed E-state index contributed by atoms with van der Waals surface area (Å²) in [6.45, 7) is 3.48. The maximum atomic E-state index is 13.8. The van der Waals surface area contributed by atoms with Crippen molar-refractivity contribution in [1.29, 1.82) is 0 Å². The standard InChI is InChI=1S/C25H31F5N4O2/c1-13(32-19(35)7-10-25(28,29)30)15-3-4-17-18(11-15)34-21(33-17)20(16-12-23(16,2)22(31)36)14-5-8-24(26,27)9-6-14/h3-4,11,13-14,16,20H,5-10,12H2,1-2H3,(H2,31,36)(H,32,35)(H,33,34)/t13-,16?,20+,23?/m1/s1. The lowest BCUT2D eigenvalue weighted by atomic mass is 9.74. The third-order valence-corrected chi connectivity index (χ3v) is 7.92. The number of nitrogens with two attached hydrogens (primary N) is 1. The maximum Gasteiger partial charge on any atom is 0.389 e. The molecule has 0 radical (unpaired) electrons. The lowest BCUT2D eigenvalue weighted by Crippen LogP contribution is -2.31. The number of imidazole rings is 1. The van der Waals surface area contributed by atoms with Gasteiger partial charge in [-0.3, -0.25) is 9.59 Å². The molecule has 36 heavy (non-hydrogen) atoms. The van der Waals surface area contributed by atoms with Crippen molar-refractivity contribution in [1.82, 2.24) is 15.3 Å². The summed E-state index contributed by atoms with van der Waals surface area (Å²) in [4.78, 5) is 32.0. The number of H-pyrrole nitrogens is 1. The van der Waals surface area contributed by atoms with Crippen molar-refractivity contribution in [3.05, 3.63) is 29.6 Å². The van der Waals surface area contributed by atoms with Crippen molar-refractivity contribution >= 4 is 22.8 Å². The molecule has 1 aromatic carbocycles. The molecule has 11 heteroatoms. The fraction of sp³-hybridized carbons (Fsp3) is 0.640. The van der Waals surface area contributed by atoms with Crippen LogP contribution in [-0.4, -0.2) is 33.9 Å². The van der Waals surface area contributed by atoms with Crippen LogP contribution in [0.5, 0.6) is 0 Å². The summed E-state index contributed by atoms with van der Waals surface area (Å²) in [5.74, 6) is -3.56. The Hall–Kier alpha value is -2.72. The van der Waals surface area contributed by atoms with E-state index in [4.69, 9.17) is 10.7 Å². The zero-order chi connectivity index (χ0) is 26.5. The zero-order valence-electron chi connectivity index (χ0n) is 20.2. The normalized spacial score (nSPS) is 25.9. The van der Waals surface area contributed by atoms with Gasteiger partial charge in [0.05, 0.1) is 28.9 Å². The molecule has 2 aromatic rings. The van der Waals surface area contributed by atoms with Crippen LogP contribution in [-0.2, 0) is 9.59 Å². The first-order valence-electron chi connectivity index (χ1n) is 12.2. The third kappa shape index (κ3) is 5.64. The number of benzene rings is 1. The minimum absolute atomic E-state index is 0.0670. The lowest BCUT2D eigenvalue weighted by molar-refractivity contribution is -0.144. The highest BCUT2D eigenvalue weighted by atomic mass is 19.4. The minimum atomic E-state index is -4.40. The SMILES string of the molecule is C[C@@H](NC(=O)CCC(F)(F)F)c1ccc2nc([C@@H](C3CCC(F)(F)CC3)C3CC3(C)C(N)=O)[nH]c2c1. The van der Waals surface area contributed by atoms with Crippen LogP contribution in [0.15, 0.2) is 18.2 Å². The van der Waals surface area contributed by atoms with E-state index in [2.05, 4.69) is 10.3 Å². The van der Waals surface area contributed by atoms with Crippen molar-refractivity contribution < 1.29 is 31.5 Å². The number of rotatable bonds is 8. The molecule has 2 fully saturated rings. The topological polar surface area (TPSA) is 101 Å². The van der Waals surface area contributed by atoms with Gasteiger partial charge in [-0.1, -0.05) is 13.0 Å². The van der Waals surface area contributed by atoms with Crippen molar-refractivity contribution in [2.45, 2.75) is 82.9 Å². The Morgan fingerprint density at radius 1 is 1.25 bits per heavy atom. The van der Waals surface area contributed by atoms with E-state index in [1.54, 1.807) is 32.0 Å². The van der Waals surface area contributed by atoms with Crippen molar-refractivity contribution in [3.63, 3.8) is 0 Å². The summed E-state index contributed by atoms with van der Waals surface area (Å²) in [6, 6.07) is 4.73. The molecule has 198 valence electrons. The molecule has 6 nitrogen and oxygen atoms in total. The Kier molecular flexibility index (Phi) is 6.81. The second kappa shape index (κ2) is 9.30. The van der Waals surface area contributed by atoms with E-state index in [-0.39, 0.29) is 30.6 Å². The fourth-order valence-corrected chi connectivity index (χ4v) is 5.49. The summed E-state index contributed by atoms with van der Waals surface area (Å²) in [6.07, 6.45) is -5.42. The number of aromatic amines is 1. The molecule has 2 saturated carbocycles. The first kappa shape index (κ1) is 26.3. The number of alkyl halides is 5. The number of hydrogen-bond donors (Lipinski definition) is 3. The van der Waals surface area contributed by atoms with Gasteiger partial charge in [0.1, 0.15) is 5.82 Å². The third-order valence-electron chi connectivity index (χ3n) is 7.92. The van der Waals surface area contributed by atoms with E-state index in [1.807, 2.05) is 0 Å². The molecule has 4 N–H and O–H groups in total. The van der Waals surface area contributed by atoms with Crippen LogP contribution in [0, 0.1) is 17.3 Å². The predicted octanol–water partition coefficient (Wildman–Crippen LogP) is 5.50. The zero-order valence-corrected chi connectivity index (χ0v) is 20.2. The van der Waals surface area contributed by atoms with Gasteiger partial charge in [0.25, 0.3) is 0 Å². The van der Waals surface area contributed by atoms with Crippen molar-refractivity contribution in [3.8, 4) is 0 Å². The molecule has 2 aliphatic rings. The van der Waals surface area contributed by atoms with E-state index in [0.29, 0.717) is 41.7 Å². The number of carbonyl (C=O) groups excluding carboxylic acids is 2. The summed E-state index contributed by atoms with van der Waals surface area (Å²) in [5, 5.41) is 2.58. The second-order valence-corrected chi connectivity index (χ2v) is 10.6. The van der Waals surface area contributed by atoms with Crippen LogP contribution in [0.1, 0.15) is 82.1 Å². The van der Waals surface area contributed by atoms with Crippen molar-refractivity contribution in [2.75, 3.05) is 0 Å². The average Bonchev–Trinajstić information content (AvgIpc) is 3.28. The lowest BCUT2D eigenvalue weighted by Gasteiger charge is -2.33. The Labute approximate surface area is 205 Å². The molecule has 0 bridgehead atoms. The molecule has 0 saturated heterocycles. The second-order valence-electron chi connectivity index (χ2n) is 10.6.